The van der Waals surface area contributed by atoms with Crippen LogP contribution in [0.25, 0.3) is 11.3 Å². The van der Waals surface area contributed by atoms with E-state index in [-0.39, 0.29) is 5.97 Å². The van der Waals surface area contributed by atoms with Crippen molar-refractivity contribution in [2.24, 2.45) is 0 Å². The molecule has 0 saturated heterocycles. The normalized spacial score (nSPS) is 11.4. The van der Waals surface area contributed by atoms with Crippen molar-refractivity contribution in [1.82, 2.24) is 5.16 Å². The van der Waals surface area contributed by atoms with Crippen molar-refractivity contribution < 1.29 is 14.1 Å². The van der Waals surface area contributed by atoms with E-state index in [1.54, 1.807) is 19.9 Å². The minimum atomic E-state index is -0.852. The van der Waals surface area contributed by atoms with Gasteiger partial charge in [-0.25, -0.2) is 0 Å². The number of hydrogen-bond acceptors (Lipinski definition) is 4. The average Bonchev–Trinajstić information content (AvgIpc) is 2.88. The summed E-state index contributed by atoms with van der Waals surface area (Å²) in [5.74, 6) is 0.128. The Bertz CT molecular complexity index is 587. The Morgan fingerprint density at radius 2 is 1.95 bits per heavy atom. The molecule has 0 amide bonds. The van der Waals surface area contributed by atoms with E-state index >= 15 is 0 Å². The van der Waals surface area contributed by atoms with Gasteiger partial charge < -0.3 is 9.26 Å². The van der Waals surface area contributed by atoms with Crippen LogP contribution in [0.3, 0.4) is 0 Å². The number of hydrogen-bond donors (Lipinski definition) is 0. The zero-order valence-corrected chi connectivity index (χ0v) is 12.5. The molecular formula is C14H14BrNO3. The van der Waals surface area contributed by atoms with Gasteiger partial charge in [-0.1, -0.05) is 33.2 Å². The lowest BCUT2D eigenvalue weighted by Crippen LogP contribution is -2.29. The van der Waals surface area contributed by atoms with E-state index in [1.165, 1.54) is 7.11 Å². The molecule has 0 radical (unpaired) electrons. The molecule has 0 aliphatic carbocycles. The molecule has 5 heteroatoms. The second kappa shape index (κ2) is 5.17. The maximum atomic E-state index is 11.7. The van der Waals surface area contributed by atoms with Crippen LogP contribution in [0.2, 0.25) is 0 Å². The highest BCUT2D eigenvalue weighted by Crippen LogP contribution is 2.29. The van der Waals surface area contributed by atoms with Crippen LogP contribution < -0.4 is 0 Å². The Morgan fingerprint density at radius 1 is 1.32 bits per heavy atom. The van der Waals surface area contributed by atoms with Gasteiger partial charge >= 0.3 is 5.97 Å². The first-order valence-electron chi connectivity index (χ1n) is 5.76. The van der Waals surface area contributed by atoms with Crippen LogP contribution in [0, 0.1) is 0 Å². The van der Waals surface area contributed by atoms with Crippen LogP contribution in [-0.2, 0) is 14.9 Å². The predicted molar refractivity (Wildman–Crippen MR) is 74.7 cm³/mol. The van der Waals surface area contributed by atoms with Gasteiger partial charge in [-0.05, 0) is 26.0 Å². The lowest BCUT2D eigenvalue weighted by atomic mass is 9.90. The number of rotatable bonds is 3. The molecule has 0 bridgehead atoms. The third kappa shape index (κ3) is 2.71. The number of methoxy groups -OCH3 is 1. The van der Waals surface area contributed by atoms with Gasteiger partial charge in [0.25, 0.3) is 0 Å². The molecule has 0 fully saturated rings. The highest BCUT2D eigenvalue weighted by Gasteiger charge is 2.35. The van der Waals surface area contributed by atoms with Crippen molar-refractivity contribution in [2.45, 2.75) is 19.3 Å². The highest BCUT2D eigenvalue weighted by atomic mass is 79.9. The molecule has 1 heterocycles. The summed E-state index contributed by atoms with van der Waals surface area (Å²) in [6.45, 7) is 3.48. The molecule has 100 valence electrons. The van der Waals surface area contributed by atoms with E-state index < -0.39 is 5.41 Å². The van der Waals surface area contributed by atoms with Gasteiger partial charge in [0.15, 0.2) is 5.76 Å². The fourth-order valence-electron chi connectivity index (χ4n) is 1.68. The number of ether oxygens (including phenoxy) is 1. The van der Waals surface area contributed by atoms with E-state index in [0.717, 1.165) is 10.0 Å². The van der Waals surface area contributed by atoms with Crippen molar-refractivity contribution in [3.05, 3.63) is 40.6 Å². The zero-order chi connectivity index (χ0) is 14.0. The fourth-order valence-corrected chi connectivity index (χ4v) is 1.95. The molecule has 0 aliphatic rings. The molecule has 4 nitrogen and oxygen atoms in total. The molecule has 2 aromatic rings. The van der Waals surface area contributed by atoms with Gasteiger partial charge in [0.2, 0.25) is 0 Å². The summed E-state index contributed by atoms with van der Waals surface area (Å²) in [7, 11) is 1.36. The quantitative estimate of drug-likeness (QED) is 0.810. The third-order valence-corrected chi connectivity index (χ3v) is 3.49. The van der Waals surface area contributed by atoms with Gasteiger partial charge in [-0.3, -0.25) is 4.79 Å². The first-order chi connectivity index (χ1) is 8.95. The second-order valence-electron chi connectivity index (χ2n) is 4.70. The molecule has 2 rings (SSSR count). The van der Waals surface area contributed by atoms with Crippen molar-refractivity contribution in [2.75, 3.05) is 7.11 Å². The summed E-state index contributed by atoms with van der Waals surface area (Å²) in [6.07, 6.45) is 0. The smallest absolute Gasteiger partial charge is 0.319 e. The van der Waals surface area contributed by atoms with Gasteiger partial charge in [0.05, 0.1) is 7.11 Å². The van der Waals surface area contributed by atoms with Crippen molar-refractivity contribution in [3.63, 3.8) is 0 Å². The Kier molecular flexibility index (Phi) is 3.75. The minimum absolute atomic E-state index is 0.356. The predicted octanol–water partition coefficient (Wildman–Crippen LogP) is 3.55. The zero-order valence-electron chi connectivity index (χ0n) is 10.9. The Labute approximate surface area is 119 Å². The Hall–Kier alpha value is -1.62. The number of esters is 1. The first kappa shape index (κ1) is 13.8. The topological polar surface area (TPSA) is 52.3 Å². The van der Waals surface area contributed by atoms with Crippen molar-refractivity contribution >= 4 is 21.9 Å². The standard InChI is InChI=1S/C14H14BrNO3/c1-14(2,13(17)18-3)12-8-11(16-19-12)9-4-6-10(15)7-5-9/h4-8H,1-3H3. The Morgan fingerprint density at radius 3 is 2.53 bits per heavy atom. The molecule has 0 spiro atoms. The number of benzene rings is 1. The summed E-state index contributed by atoms with van der Waals surface area (Å²) in [5, 5.41) is 4.00. The summed E-state index contributed by atoms with van der Waals surface area (Å²) >= 11 is 3.38. The van der Waals surface area contributed by atoms with E-state index in [9.17, 15) is 4.79 Å². The van der Waals surface area contributed by atoms with Gasteiger partial charge in [-0.15, -0.1) is 0 Å². The Balaban J connectivity index is 2.34. The lowest BCUT2D eigenvalue weighted by Gasteiger charge is -2.17. The maximum Gasteiger partial charge on any atom is 0.319 e. The monoisotopic (exact) mass is 323 g/mol. The summed E-state index contributed by atoms with van der Waals surface area (Å²) in [4.78, 5) is 11.7. The highest BCUT2D eigenvalue weighted by molar-refractivity contribution is 9.10. The van der Waals surface area contributed by atoms with Crippen LogP contribution in [0.15, 0.2) is 39.3 Å². The van der Waals surface area contributed by atoms with Crippen LogP contribution >= 0.6 is 15.9 Å². The lowest BCUT2D eigenvalue weighted by molar-refractivity contribution is -0.146. The van der Waals surface area contributed by atoms with Gasteiger partial charge in [-0.2, -0.15) is 0 Å². The van der Waals surface area contributed by atoms with Crippen molar-refractivity contribution in [3.8, 4) is 11.3 Å². The second-order valence-corrected chi connectivity index (χ2v) is 5.62. The van der Waals surface area contributed by atoms with Crippen LogP contribution in [0.5, 0.6) is 0 Å². The maximum absolute atomic E-state index is 11.7. The number of aromatic nitrogens is 1. The molecule has 0 atom stereocenters. The molecular weight excluding hydrogens is 310 g/mol. The van der Waals surface area contributed by atoms with Crippen LogP contribution in [-0.4, -0.2) is 18.2 Å². The van der Waals surface area contributed by atoms with Crippen LogP contribution in [0.1, 0.15) is 19.6 Å². The molecule has 1 aromatic carbocycles. The number of halogens is 1. The molecule has 0 N–H and O–H groups in total. The molecule has 0 saturated carbocycles. The van der Waals surface area contributed by atoms with E-state index in [4.69, 9.17) is 9.26 Å². The summed E-state index contributed by atoms with van der Waals surface area (Å²) < 4.78 is 11.0. The SMILES string of the molecule is COC(=O)C(C)(C)c1cc(-c2ccc(Br)cc2)no1. The van der Waals surface area contributed by atoms with Gasteiger partial charge in [0.1, 0.15) is 11.1 Å². The average molecular weight is 324 g/mol. The summed E-state index contributed by atoms with van der Waals surface area (Å²) in [6, 6.07) is 9.47. The van der Waals surface area contributed by atoms with Crippen molar-refractivity contribution in [1.29, 1.82) is 0 Å². The minimum Gasteiger partial charge on any atom is -0.468 e. The molecule has 19 heavy (non-hydrogen) atoms. The van der Waals surface area contributed by atoms with Gasteiger partial charge in [0, 0.05) is 16.1 Å². The summed E-state index contributed by atoms with van der Waals surface area (Å²) in [5.41, 5.74) is 0.772. The molecule has 0 unspecified atom stereocenters. The van der Waals surface area contributed by atoms with E-state index in [0.29, 0.717) is 11.5 Å². The number of carbonyl (C=O) groups is 1. The van der Waals surface area contributed by atoms with Crippen LogP contribution in [0.4, 0.5) is 0 Å². The number of nitrogens with zero attached hydrogens (tertiary/aromatic N) is 1. The molecule has 1 aromatic heterocycles. The molecule has 0 aliphatic heterocycles. The first-order valence-corrected chi connectivity index (χ1v) is 6.56. The van der Waals surface area contributed by atoms with E-state index in [2.05, 4.69) is 21.1 Å². The van der Waals surface area contributed by atoms with E-state index in [1.807, 2.05) is 24.3 Å². The fraction of sp³-hybridized carbons (Fsp3) is 0.286. The third-order valence-electron chi connectivity index (χ3n) is 2.96. The number of carbonyl (C=O) groups excluding carboxylic acids is 1. The largest absolute Gasteiger partial charge is 0.468 e.